The number of hydrogen-bond acceptors (Lipinski definition) is 3. The highest BCUT2D eigenvalue weighted by atomic mass is 79.9. The lowest BCUT2D eigenvalue weighted by Gasteiger charge is -2.08. The fourth-order valence-corrected chi connectivity index (χ4v) is 3.85. The largest absolute Gasteiger partial charge is 0.274 e. The van der Waals surface area contributed by atoms with Crippen LogP contribution in [0.4, 0.5) is 0 Å². The Labute approximate surface area is 167 Å². The van der Waals surface area contributed by atoms with E-state index < -0.39 is 15.9 Å². The SMILES string of the molecule is Cc1ccc(CC(=O)NS(=O)(=O)c2ccc(-c3ccc(Br)cc3)cc2)cc1. The highest BCUT2D eigenvalue weighted by molar-refractivity contribution is 9.10. The number of halogens is 1. The molecule has 0 saturated heterocycles. The zero-order valence-electron chi connectivity index (χ0n) is 14.6. The molecule has 1 amide bonds. The molecule has 0 spiro atoms. The molecule has 0 saturated carbocycles. The van der Waals surface area contributed by atoms with Gasteiger partial charge in [0, 0.05) is 4.47 Å². The second-order valence-corrected chi connectivity index (χ2v) is 8.82. The Morgan fingerprint density at radius 3 is 1.93 bits per heavy atom. The van der Waals surface area contributed by atoms with Gasteiger partial charge in [-0.1, -0.05) is 70.0 Å². The Bertz CT molecular complexity index is 1040. The molecule has 3 aromatic rings. The van der Waals surface area contributed by atoms with Gasteiger partial charge in [0.2, 0.25) is 5.91 Å². The summed E-state index contributed by atoms with van der Waals surface area (Å²) in [5.74, 6) is -0.559. The van der Waals surface area contributed by atoms with Crippen LogP contribution in [0.15, 0.2) is 82.2 Å². The average molecular weight is 444 g/mol. The van der Waals surface area contributed by atoms with Crippen LogP contribution in [-0.2, 0) is 21.2 Å². The van der Waals surface area contributed by atoms with Crippen LogP contribution in [0.3, 0.4) is 0 Å². The molecule has 0 heterocycles. The predicted molar refractivity (Wildman–Crippen MR) is 110 cm³/mol. The van der Waals surface area contributed by atoms with Gasteiger partial charge in [-0.2, -0.15) is 0 Å². The summed E-state index contributed by atoms with van der Waals surface area (Å²) in [5, 5.41) is 0. The molecule has 0 aliphatic rings. The van der Waals surface area contributed by atoms with E-state index in [0.29, 0.717) is 0 Å². The third-order valence-electron chi connectivity index (χ3n) is 4.08. The van der Waals surface area contributed by atoms with Crippen LogP contribution < -0.4 is 4.72 Å². The summed E-state index contributed by atoms with van der Waals surface area (Å²) < 4.78 is 28.0. The summed E-state index contributed by atoms with van der Waals surface area (Å²) in [4.78, 5) is 12.2. The summed E-state index contributed by atoms with van der Waals surface area (Å²) in [5.41, 5.74) is 3.72. The number of benzene rings is 3. The lowest BCUT2D eigenvalue weighted by Crippen LogP contribution is -2.31. The molecule has 0 fully saturated rings. The van der Waals surface area contributed by atoms with Gasteiger partial charge in [0.25, 0.3) is 10.0 Å². The van der Waals surface area contributed by atoms with E-state index in [2.05, 4.69) is 20.7 Å². The van der Waals surface area contributed by atoms with Crippen LogP contribution in [0, 0.1) is 6.92 Å². The maximum Gasteiger partial charge on any atom is 0.264 e. The van der Waals surface area contributed by atoms with Crippen molar-refractivity contribution >= 4 is 31.9 Å². The van der Waals surface area contributed by atoms with Gasteiger partial charge < -0.3 is 0 Å². The summed E-state index contributed by atoms with van der Waals surface area (Å²) in [6, 6.07) is 21.6. The summed E-state index contributed by atoms with van der Waals surface area (Å²) >= 11 is 3.39. The summed E-state index contributed by atoms with van der Waals surface area (Å²) in [6.07, 6.45) is 0.0104. The van der Waals surface area contributed by atoms with Crippen molar-refractivity contribution in [3.8, 4) is 11.1 Å². The normalized spacial score (nSPS) is 11.2. The Kier molecular flexibility index (Phi) is 5.77. The molecular weight excluding hydrogens is 426 g/mol. The molecule has 0 radical (unpaired) electrons. The molecule has 138 valence electrons. The molecule has 3 rings (SSSR count). The van der Waals surface area contributed by atoms with Crippen molar-refractivity contribution in [2.24, 2.45) is 0 Å². The van der Waals surface area contributed by atoms with Crippen molar-refractivity contribution in [1.82, 2.24) is 4.72 Å². The molecule has 0 atom stereocenters. The first-order valence-electron chi connectivity index (χ1n) is 8.31. The standard InChI is InChI=1S/C21H18BrNO3S/c1-15-2-4-16(5-3-15)14-21(24)23-27(25,26)20-12-8-18(9-13-20)17-6-10-19(22)11-7-17/h2-13H,14H2,1H3,(H,23,24). The van der Waals surface area contributed by atoms with Crippen molar-refractivity contribution < 1.29 is 13.2 Å². The number of amides is 1. The molecule has 6 heteroatoms. The average Bonchev–Trinajstić information content (AvgIpc) is 2.64. The van der Waals surface area contributed by atoms with E-state index in [1.807, 2.05) is 55.5 Å². The number of aryl methyl sites for hydroxylation is 1. The van der Waals surface area contributed by atoms with E-state index in [-0.39, 0.29) is 11.3 Å². The van der Waals surface area contributed by atoms with Crippen molar-refractivity contribution in [1.29, 1.82) is 0 Å². The highest BCUT2D eigenvalue weighted by Gasteiger charge is 2.17. The lowest BCUT2D eigenvalue weighted by molar-refractivity contribution is -0.118. The molecule has 0 unspecified atom stereocenters. The monoisotopic (exact) mass is 443 g/mol. The minimum atomic E-state index is -3.90. The number of rotatable bonds is 5. The Balaban J connectivity index is 1.71. The van der Waals surface area contributed by atoms with Crippen molar-refractivity contribution in [2.45, 2.75) is 18.2 Å². The molecule has 27 heavy (non-hydrogen) atoms. The quantitative estimate of drug-likeness (QED) is 0.632. The van der Waals surface area contributed by atoms with Gasteiger partial charge in [-0.05, 0) is 47.9 Å². The van der Waals surface area contributed by atoms with E-state index in [0.717, 1.165) is 26.7 Å². The Hall–Kier alpha value is -2.44. The number of hydrogen-bond donors (Lipinski definition) is 1. The molecule has 1 N–H and O–H groups in total. The second-order valence-electron chi connectivity index (χ2n) is 6.22. The fourth-order valence-electron chi connectivity index (χ4n) is 2.61. The van der Waals surface area contributed by atoms with Crippen molar-refractivity contribution in [3.05, 3.63) is 88.4 Å². The molecule has 0 bridgehead atoms. The van der Waals surface area contributed by atoms with Gasteiger partial charge in [-0.25, -0.2) is 13.1 Å². The van der Waals surface area contributed by atoms with Crippen LogP contribution in [0.25, 0.3) is 11.1 Å². The number of sulfonamides is 1. The topological polar surface area (TPSA) is 63.2 Å². The third kappa shape index (κ3) is 5.05. The first kappa shape index (κ1) is 19.3. The smallest absolute Gasteiger partial charge is 0.264 e. The summed E-state index contributed by atoms with van der Waals surface area (Å²) in [7, 11) is -3.90. The zero-order valence-corrected chi connectivity index (χ0v) is 17.0. The number of carbonyl (C=O) groups is 1. The van der Waals surface area contributed by atoms with Crippen LogP contribution >= 0.6 is 15.9 Å². The molecule has 3 aromatic carbocycles. The van der Waals surface area contributed by atoms with E-state index in [4.69, 9.17) is 0 Å². The second kappa shape index (κ2) is 8.06. The fraction of sp³-hybridized carbons (Fsp3) is 0.0952. The maximum absolute atomic E-state index is 12.4. The van der Waals surface area contributed by atoms with Crippen LogP contribution in [0.1, 0.15) is 11.1 Å². The lowest BCUT2D eigenvalue weighted by atomic mass is 10.1. The van der Waals surface area contributed by atoms with E-state index in [9.17, 15) is 13.2 Å². The molecule has 0 aliphatic heterocycles. The maximum atomic E-state index is 12.4. The van der Waals surface area contributed by atoms with E-state index in [1.165, 1.54) is 12.1 Å². The van der Waals surface area contributed by atoms with E-state index in [1.54, 1.807) is 12.1 Å². The van der Waals surface area contributed by atoms with E-state index >= 15 is 0 Å². The first-order valence-corrected chi connectivity index (χ1v) is 10.6. The highest BCUT2D eigenvalue weighted by Crippen LogP contribution is 2.23. The minimum absolute atomic E-state index is 0.0104. The van der Waals surface area contributed by atoms with Crippen LogP contribution in [0.5, 0.6) is 0 Å². The third-order valence-corrected chi connectivity index (χ3v) is 5.99. The van der Waals surface area contributed by atoms with Crippen molar-refractivity contribution in [3.63, 3.8) is 0 Å². The number of nitrogens with one attached hydrogen (secondary N) is 1. The molecule has 4 nitrogen and oxygen atoms in total. The van der Waals surface area contributed by atoms with Crippen molar-refractivity contribution in [2.75, 3.05) is 0 Å². The van der Waals surface area contributed by atoms with Gasteiger partial charge in [0.15, 0.2) is 0 Å². The molecule has 0 aromatic heterocycles. The first-order chi connectivity index (χ1) is 12.8. The Morgan fingerprint density at radius 2 is 1.37 bits per heavy atom. The van der Waals surface area contributed by atoms with Gasteiger partial charge in [-0.15, -0.1) is 0 Å². The van der Waals surface area contributed by atoms with Gasteiger partial charge >= 0.3 is 0 Å². The number of carbonyl (C=O) groups excluding carboxylic acids is 1. The molecular formula is C21H18BrNO3S. The predicted octanol–water partition coefficient (Wildman–Crippen LogP) is 4.47. The van der Waals surface area contributed by atoms with Crippen LogP contribution in [-0.4, -0.2) is 14.3 Å². The van der Waals surface area contributed by atoms with Gasteiger partial charge in [0.1, 0.15) is 0 Å². The van der Waals surface area contributed by atoms with Crippen LogP contribution in [0.2, 0.25) is 0 Å². The van der Waals surface area contributed by atoms with Gasteiger partial charge in [0.05, 0.1) is 11.3 Å². The molecule has 0 aliphatic carbocycles. The minimum Gasteiger partial charge on any atom is -0.274 e. The summed E-state index contributed by atoms with van der Waals surface area (Å²) in [6.45, 7) is 1.95. The Morgan fingerprint density at radius 1 is 0.852 bits per heavy atom. The van der Waals surface area contributed by atoms with Gasteiger partial charge in [-0.3, -0.25) is 4.79 Å². The zero-order chi connectivity index (χ0) is 19.4.